The van der Waals surface area contributed by atoms with Crippen LogP contribution in [0.3, 0.4) is 0 Å². The van der Waals surface area contributed by atoms with Crippen LogP contribution in [0.25, 0.3) is 0 Å². The Morgan fingerprint density at radius 2 is 2.17 bits per heavy atom. The fourth-order valence-corrected chi connectivity index (χ4v) is 3.04. The van der Waals surface area contributed by atoms with Gasteiger partial charge in [-0.1, -0.05) is 11.6 Å². The van der Waals surface area contributed by atoms with Crippen LogP contribution in [0.4, 0.5) is 4.39 Å². The second kappa shape index (κ2) is 4.93. The predicted molar refractivity (Wildman–Crippen MR) is 70.4 cm³/mol. The molecule has 18 heavy (non-hydrogen) atoms. The molecule has 3 atom stereocenters. The minimum absolute atomic E-state index is 0.0862. The lowest BCUT2D eigenvalue weighted by Gasteiger charge is -2.41. The average Bonchev–Trinajstić information content (AvgIpc) is 3.02. The first-order valence-corrected chi connectivity index (χ1v) is 6.91. The smallest absolute Gasteiger partial charge is 0.101 e. The van der Waals surface area contributed by atoms with E-state index in [4.69, 9.17) is 9.47 Å². The minimum atomic E-state index is -0.698. The van der Waals surface area contributed by atoms with Crippen molar-refractivity contribution in [1.82, 2.24) is 0 Å². The maximum Gasteiger partial charge on any atom is 0.101 e. The van der Waals surface area contributed by atoms with Gasteiger partial charge in [0.05, 0.1) is 24.4 Å². The van der Waals surface area contributed by atoms with Gasteiger partial charge >= 0.3 is 0 Å². The Kier molecular flexibility index (Phi) is 3.84. The van der Waals surface area contributed by atoms with Crippen LogP contribution in [0.1, 0.15) is 47.0 Å². The average molecular weight is 256 g/mol. The van der Waals surface area contributed by atoms with Crippen LogP contribution in [0.15, 0.2) is 11.6 Å². The normalized spacial score (nSPS) is 35.6. The van der Waals surface area contributed by atoms with Gasteiger partial charge in [0.1, 0.15) is 6.17 Å². The van der Waals surface area contributed by atoms with E-state index in [2.05, 4.69) is 33.8 Å². The van der Waals surface area contributed by atoms with Crippen LogP contribution in [-0.4, -0.2) is 30.6 Å². The first-order valence-electron chi connectivity index (χ1n) is 6.91. The minimum Gasteiger partial charge on any atom is -0.371 e. The molecule has 2 rings (SSSR count). The molecule has 1 saturated heterocycles. The van der Waals surface area contributed by atoms with E-state index in [0.717, 1.165) is 13.0 Å². The van der Waals surface area contributed by atoms with Crippen molar-refractivity contribution in [2.24, 2.45) is 5.92 Å². The molecule has 2 fully saturated rings. The number of ether oxygens (including phenoxy) is 2. The molecule has 1 saturated carbocycles. The van der Waals surface area contributed by atoms with Gasteiger partial charge in [-0.2, -0.15) is 0 Å². The number of halogens is 1. The van der Waals surface area contributed by atoms with E-state index in [1.165, 1.54) is 5.57 Å². The van der Waals surface area contributed by atoms with Gasteiger partial charge in [0.2, 0.25) is 0 Å². The van der Waals surface area contributed by atoms with E-state index in [-0.39, 0.29) is 17.1 Å². The summed E-state index contributed by atoms with van der Waals surface area (Å²) in [6.45, 7) is 9.62. The number of alkyl halides is 1. The van der Waals surface area contributed by atoms with Gasteiger partial charge in [-0.15, -0.1) is 0 Å². The maximum absolute atomic E-state index is 13.7. The Balaban J connectivity index is 2.00. The van der Waals surface area contributed by atoms with E-state index >= 15 is 0 Å². The molecule has 0 aromatic heterocycles. The number of hydrogen-bond donors (Lipinski definition) is 0. The van der Waals surface area contributed by atoms with Gasteiger partial charge in [-0.3, -0.25) is 0 Å². The summed E-state index contributed by atoms with van der Waals surface area (Å²) in [7, 11) is 0. The molecule has 2 aliphatic rings. The fraction of sp³-hybridized carbons (Fsp3) is 0.867. The quantitative estimate of drug-likeness (QED) is 0.565. The van der Waals surface area contributed by atoms with Crippen molar-refractivity contribution in [2.45, 2.75) is 64.3 Å². The van der Waals surface area contributed by atoms with Crippen molar-refractivity contribution < 1.29 is 13.9 Å². The summed E-state index contributed by atoms with van der Waals surface area (Å²) in [6.07, 6.45) is 3.42. The summed E-state index contributed by atoms with van der Waals surface area (Å²) in [5.74, 6) is 0.166. The molecule has 1 aliphatic carbocycles. The summed E-state index contributed by atoms with van der Waals surface area (Å²) in [5, 5.41) is 0. The van der Waals surface area contributed by atoms with Crippen LogP contribution >= 0.6 is 0 Å². The standard InChI is InChI=1S/C15H25FO2/c1-11(2)6-8-17-14(3,4)13-9-12(16)5-7-15(13)10-18-15/h6,12-13H,5,7-10H2,1-4H3/t12?,13?,15-/m0/s1. The monoisotopic (exact) mass is 256 g/mol. The Hall–Kier alpha value is -0.410. The van der Waals surface area contributed by atoms with Crippen molar-refractivity contribution in [2.75, 3.05) is 13.2 Å². The van der Waals surface area contributed by atoms with Crippen LogP contribution < -0.4 is 0 Å². The SMILES string of the molecule is CC(C)=CCOC(C)(C)C1CC(F)CC[C@]12CO2. The third-order valence-electron chi connectivity index (χ3n) is 4.31. The number of epoxide rings is 1. The van der Waals surface area contributed by atoms with Gasteiger partial charge in [-0.05, 0) is 47.0 Å². The van der Waals surface area contributed by atoms with E-state index in [9.17, 15) is 4.39 Å². The maximum atomic E-state index is 13.7. The highest BCUT2D eigenvalue weighted by Gasteiger charge is 2.59. The van der Waals surface area contributed by atoms with E-state index in [0.29, 0.717) is 19.4 Å². The molecule has 1 aliphatic heterocycles. The van der Waals surface area contributed by atoms with Gasteiger partial charge in [0.25, 0.3) is 0 Å². The van der Waals surface area contributed by atoms with Crippen LogP contribution in [-0.2, 0) is 9.47 Å². The zero-order valence-electron chi connectivity index (χ0n) is 12.0. The molecule has 0 bridgehead atoms. The largest absolute Gasteiger partial charge is 0.371 e. The molecule has 0 radical (unpaired) electrons. The summed E-state index contributed by atoms with van der Waals surface area (Å²) < 4.78 is 25.3. The highest BCUT2D eigenvalue weighted by Crippen LogP contribution is 2.51. The third-order valence-corrected chi connectivity index (χ3v) is 4.31. The Morgan fingerprint density at radius 3 is 2.72 bits per heavy atom. The second-order valence-corrected chi connectivity index (χ2v) is 6.47. The zero-order chi connectivity index (χ0) is 13.4. The number of rotatable bonds is 4. The van der Waals surface area contributed by atoms with E-state index < -0.39 is 6.17 Å². The topological polar surface area (TPSA) is 21.8 Å². The molecular formula is C15H25FO2. The molecule has 1 heterocycles. The number of hydrogen-bond acceptors (Lipinski definition) is 2. The molecule has 0 amide bonds. The molecule has 1 spiro atoms. The van der Waals surface area contributed by atoms with E-state index in [1.807, 2.05) is 0 Å². The Labute approximate surface area is 110 Å². The molecule has 104 valence electrons. The molecule has 2 unspecified atom stereocenters. The molecule has 0 N–H and O–H groups in total. The van der Waals surface area contributed by atoms with Crippen LogP contribution in [0.2, 0.25) is 0 Å². The zero-order valence-corrected chi connectivity index (χ0v) is 12.0. The highest BCUT2D eigenvalue weighted by molar-refractivity contribution is 5.08. The third kappa shape index (κ3) is 2.94. The molecule has 3 heteroatoms. The first-order chi connectivity index (χ1) is 8.36. The molecule has 0 aromatic rings. The van der Waals surface area contributed by atoms with Crippen molar-refractivity contribution in [1.29, 1.82) is 0 Å². The van der Waals surface area contributed by atoms with Gasteiger partial charge < -0.3 is 9.47 Å². The van der Waals surface area contributed by atoms with Crippen LogP contribution in [0.5, 0.6) is 0 Å². The van der Waals surface area contributed by atoms with Crippen molar-refractivity contribution in [3.05, 3.63) is 11.6 Å². The Morgan fingerprint density at radius 1 is 1.50 bits per heavy atom. The van der Waals surface area contributed by atoms with Crippen molar-refractivity contribution in [3.8, 4) is 0 Å². The summed E-state index contributed by atoms with van der Waals surface area (Å²) in [4.78, 5) is 0. The van der Waals surface area contributed by atoms with Gasteiger partial charge in [0, 0.05) is 5.92 Å². The summed E-state index contributed by atoms with van der Waals surface area (Å²) in [6, 6.07) is 0. The summed E-state index contributed by atoms with van der Waals surface area (Å²) >= 11 is 0. The predicted octanol–water partition coefficient (Wildman–Crippen LogP) is 3.66. The van der Waals surface area contributed by atoms with Crippen molar-refractivity contribution in [3.63, 3.8) is 0 Å². The van der Waals surface area contributed by atoms with E-state index in [1.54, 1.807) is 0 Å². The lowest BCUT2D eigenvalue weighted by molar-refractivity contribution is -0.0942. The first kappa shape index (κ1) is 14.0. The van der Waals surface area contributed by atoms with Crippen LogP contribution in [0, 0.1) is 5.92 Å². The summed E-state index contributed by atoms with van der Waals surface area (Å²) in [5.41, 5.74) is 0.833. The highest BCUT2D eigenvalue weighted by atomic mass is 19.1. The molecule has 2 nitrogen and oxygen atoms in total. The van der Waals surface area contributed by atoms with Gasteiger partial charge in [-0.25, -0.2) is 4.39 Å². The van der Waals surface area contributed by atoms with Crippen molar-refractivity contribution >= 4 is 0 Å². The lowest BCUT2D eigenvalue weighted by atomic mass is 9.70. The number of allylic oxidation sites excluding steroid dienone is 1. The Bertz CT molecular complexity index is 327. The molecular weight excluding hydrogens is 231 g/mol. The lowest BCUT2D eigenvalue weighted by Crippen LogP contribution is -2.48. The van der Waals surface area contributed by atoms with Gasteiger partial charge in [0.15, 0.2) is 0 Å². The fourth-order valence-electron chi connectivity index (χ4n) is 3.04. The molecule has 0 aromatic carbocycles. The second-order valence-electron chi connectivity index (χ2n) is 6.47.